The molecule has 0 radical (unpaired) electrons. The van der Waals surface area contributed by atoms with Crippen LogP contribution in [0.1, 0.15) is 11.1 Å². The molecule has 36 heavy (non-hydrogen) atoms. The number of hydrogen-bond donors (Lipinski definition) is 1. The number of aromatic amines is 1. The maximum Gasteiger partial charge on any atom is 0.419 e. The molecule has 5 rings (SSSR count). The molecule has 0 aliphatic carbocycles. The molecule has 188 valence electrons. The van der Waals surface area contributed by atoms with E-state index in [1.807, 2.05) is 0 Å². The van der Waals surface area contributed by atoms with E-state index in [0.29, 0.717) is 17.0 Å². The quantitative estimate of drug-likeness (QED) is 0.338. The van der Waals surface area contributed by atoms with E-state index in [1.54, 1.807) is 4.90 Å². The first-order valence-electron chi connectivity index (χ1n) is 10.9. The van der Waals surface area contributed by atoms with Gasteiger partial charge >= 0.3 is 12.4 Å². The molecule has 0 spiro atoms. The summed E-state index contributed by atoms with van der Waals surface area (Å²) in [5.74, 6) is -0.390. The number of fused-ring (bicyclic) bond motifs is 1. The number of alkyl halides is 6. The summed E-state index contributed by atoms with van der Waals surface area (Å²) < 4.78 is 94.2. The third-order valence-corrected chi connectivity index (χ3v) is 6.03. The third-order valence-electron chi connectivity index (χ3n) is 6.03. The summed E-state index contributed by atoms with van der Waals surface area (Å²) in [6, 6.07) is 9.20. The number of nitrogens with zero attached hydrogens (tertiary/aromatic N) is 4. The Morgan fingerprint density at radius 1 is 0.806 bits per heavy atom. The number of rotatable bonds is 3. The van der Waals surface area contributed by atoms with Crippen LogP contribution in [0.5, 0.6) is 0 Å². The lowest BCUT2D eigenvalue weighted by Crippen LogP contribution is -2.47. The number of aromatic nitrogens is 3. The van der Waals surface area contributed by atoms with Crippen LogP contribution in [0.4, 0.5) is 42.5 Å². The zero-order valence-corrected chi connectivity index (χ0v) is 18.5. The molecule has 0 atom stereocenters. The van der Waals surface area contributed by atoms with Crippen molar-refractivity contribution < 1.29 is 30.7 Å². The lowest BCUT2D eigenvalue weighted by Gasteiger charge is -2.36. The van der Waals surface area contributed by atoms with E-state index < -0.39 is 29.3 Å². The molecule has 0 amide bonds. The van der Waals surface area contributed by atoms with E-state index in [2.05, 4.69) is 15.0 Å². The van der Waals surface area contributed by atoms with Gasteiger partial charge in [-0.1, -0.05) is 12.1 Å². The minimum atomic E-state index is -4.62. The van der Waals surface area contributed by atoms with Crippen LogP contribution in [0, 0.1) is 5.82 Å². The average Bonchev–Trinajstić information content (AvgIpc) is 3.27. The lowest BCUT2D eigenvalue weighted by atomic mass is 10.0. The number of nitrogens with one attached hydrogen (secondary N) is 1. The molecule has 0 unspecified atom stereocenters. The predicted octanol–water partition coefficient (Wildman–Crippen LogP) is 6.13. The molecule has 0 saturated carbocycles. The van der Waals surface area contributed by atoms with Crippen molar-refractivity contribution in [1.29, 1.82) is 0 Å². The summed E-state index contributed by atoms with van der Waals surface area (Å²) in [6.45, 7) is 0.947. The van der Waals surface area contributed by atoms with Crippen LogP contribution >= 0.6 is 0 Å². The van der Waals surface area contributed by atoms with Crippen molar-refractivity contribution in [1.82, 2.24) is 15.0 Å². The van der Waals surface area contributed by atoms with Gasteiger partial charge in [-0.15, -0.1) is 0 Å². The highest BCUT2D eigenvalue weighted by atomic mass is 19.4. The number of piperazine rings is 1. The maximum atomic E-state index is 13.6. The number of hydrogen-bond acceptors (Lipinski definition) is 4. The zero-order valence-electron chi connectivity index (χ0n) is 18.5. The van der Waals surface area contributed by atoms with E-state index in [-0.39, 0.29) is 43.1 Å². The molecule has 3 heterocycles. The van der Waals surface area contributed by atoms with Gasteiger partial charge < -0.3 is 14.8 Å². The molecule has 12 heteroatoms. The SMILES string of the molecule is Fc1ccc(-c2cc(C(F)(F)F)cc3nc(N4CCN(c5ncccc5C(F)(F)F)CC4)[nH]c23)cc1. The Balaban J connectivity index is 1.46. The topological polar surface area (TPSA) is 48.1 Å². The molecule has 4 aromatic rings. The van der Waals surface area contributed by atoms with Crippen LogP contribution in [0.3, 0.4) is 0 Å². The van der Waals surface area contributed by atoms with Crippen molar-refractivity contribution in [3.05, 3.63) is 71.7 Å². The second-order valence-corrected chi connectivity index (χ2v) is 8.33. The van der Waals surface area contributed by atoms with E-state index in [0.717, 1.165) is 30.3 Å². The highest BCUT2D eigenvalue weighted by molar-refractivity contribution is 5.94. The van der Waals surface area contributed by atoms with Gasteiger partial charge in [0.25, 0.3) is 0 Å². The van der Waals surface area contributed by atoms with E-state index >= 15 is 0 Å². The van der Waals surface area contributed by atoms with Gasteiger partial charge in [0.15, 0.2) is 0 Å². The number of benzene rings is 2. The van der Waals surface area contributed by atoms with E-state index in [1.165, 1.54) is 29.3 Å². The molecule has 2 aromatic heterocycles. The van der Waals surface area contributed by atoms with Crippen molar-refractivity contribution >= 4 is 22.8 Å². The zero-order chi connectivity index (χ0) is 25.7. The average molecular weight is 509 g/mol. The summed E-state index contributed by atoms with van der Waals surface area (Å²) in [5.41, 5.74) is -0.720. The second-order valence-electron chi connectivity index (χ2n) is 8.33. The molecule has 1 aliphatic rings. The summed E-state index contributed by atoms with van der Waals surface area (Å²) in [7, 11) is 0. The van der Waals surface area contributed by atoms with Crippen LogP contribution in [-0.2, 0) is 12.4 Å². The van der Waals surface area contributed by atoms with Crippen LogP contribution < -0.4 is 9.80 Å². The monoisotopic (exact) mass is 509 g/mol. The first-order chi connectivity index (χ1) is 17.0. The number of halogens is 7. The lowest BCUT2D eigenvalue weighted by molar-refractivity contribution is -0.138. The Morgan fingerprint density at radius 3 is 2.11 bits per heavy atom. The van der Waals surface area contributed by atoms with Crippen LogP contribution in [0.15, 0.2) is 54.7 Å². The third kappa shape index (κ3) is 4.54. The van der Waals surface area contributed by atoms with Crippen LogP contribution in [0.25, 0.3) is 22.2 Å². The van der Waals surface area contributed by atoms with Gasteiger partial charge in [0.2, 0.25) is 5.95 Å². The Kier molecular flexibility index (Phi) is 5.76. The predicted molar refractivity (Wildman–Crippen MR) is 120 cm³/mol. The van der Waals surface area contributed by atoms with Gasteiger partial charge in [-0.25, -0.2) is 14.4 Å². The molecule has 1 N–H and O–H groups in total. The molecule has 0 bridgehead atoms. The van der Waals surface area contributed by atoms with Crippen molar-refractivity contribution in [2.24, 2.45) is 0 Å². The van der Waals surface area contributed by atoms with Crippen molar-refractivity contribution in [2.45, 2.75) is 12.4 Å². The Bertz CT molecular complexity index is 1380. The maximum absolute atomic E-state index is 13.6. The summed E-state index contributed by atoms with van der Waals surface area (Å²) in [5, 5.41) is 0. The molecule has 1 aliphatic heterocycles. The molecule has 1 fully saturated rings. The normalized spacial score (nSPS) is 15.1. The van der Waals surface area contributed by atoms with Gasteiger partial charge in [-0.3, -0.25) is 0 Å². The molecule has 1 saturated heterocycles. The fourth-order valence-electron chi connectivity index (χ4n) is 4.27. The fraction of sp³-hybridized carbons (Fsp3) is 0.250. The molecule has 2 aromatic carbocycles. The van der Waals surface area contributed by atoms with E-state index in [4.69, 9.17) is 0 Å². The van der Waals surface area contributed by atoms with Gasteiger partial charge in [0.05, 0.1) is 22.2 Å². The van der Waals surface area contributed by atoms with Crippen LogP contribution in [-0.4, -0.2) is 41.1 Å². The fourth-order valence-corrected chi connectivity index (χ4v) is 4.27. The van der Waals surface area contributed by atoms with Gasteiger partial charge in [0, 0.05) is 37.9 Å². The van der Waals surface area contributed by atoms with Gasteiger partial charge in [-0.05, 0) is 42.0 Å². The Labute approximate surface area is 200 Å². The first-order valence-corrected chi connectivity index (χ1v) is 10.9. The van der Waals surface area contributed by atoms with E-state index in [9.17, 15) is 30.7 Å². The van der Waals surface area contributed by atoms with Crippen molar-refractivity contribution in [3.8, 4) is 11.1 Å². The number of imidazole rings is 1. The summed E-state index contributed by atoms with van der Waals surface area (Å²) in [4.78, 5) is 14.6. The first kappa shape index (κ1) is 23.9. The highest BCUT2D eigenvalue weighted by Gasteiger charge is 2.36. The Hall–Kier alpha value is -3.83. The molecular formula is C24H18F7N5. The van der Waals surface area contributed by atoms with Crippen molar-refractivity contribution in [3.63, 3.8) is 0 Å². The smallest absolute Gasteiger partial charge is 0.353 e. The summed E-state index contributed by atoms with van der Waals surface area (Å²) in [6.07, 6.45) is -7.87. The minimum Gasteiger partial charge on any atom is -0.353 e. The number of pyridine rings is 1. The standard InChI is InChI=1S/C24H18F7N5/c25-16-5-3-14(4-6-16)17-12-15(23(26,27)28)13-19-20(17)34-22(33-19)36-10-8-35(9-11-36)21-18(24(29,30)31)2-1-7-32-21/h1-7,12-13H,8-11H2,(H,33,34). The van der Waals surface area contributed by atoms with Crippen LogP contribution in [0.2, 0.25) is 0 Å². The molecular weight excluding hydrogens is 491 g/mol. The largest absolute Gasteiger partial charge is 0.419 e. The van der Waals surface area contributed by atoms with Gasteiger partial charge in [0.1, 0.15) is 11.6 Å². The number of anilines is 2. The highest BCUT2D eigenvalue weighted by Crippen LogP contribution is 2.38. The van der Waals surface area contributed by atoms with Gasteiger partial charge in [-0.2, -0.15) is 26.3 Å². The minimum absolute atomic E-state index is 0.0747. The Morgan fingerprint density at radius 2 is 1.47 bits per heavy atom. The molecule has 5 nitrogen and oxygen atoms in total. The number of H-pyrrole nitrogens is 1. The summed E-state index contributed by atoms with van der Waals surface area (Å²) >= 11 is 0. The second kappa shape index (κ2) is 8.68. The van der Waals surface area contributed by atoms with Crippen molar-refractivity contribution in [2.75, 3.05) is 36.0 Å².